The number of aromatic nitrogens is 2. The lowest BCUT2D eigenvalue weighted by Crippen LogP contribution is -2.31. The van der Waals surface area contributed by atoms with Gasteiger partial charge in [-0.2, -0.15) is 0 Å². The number of benzene rings is 1. The molecule has 37 heavy (non-hydrogen) atoms. The summed E-state index contributed by atoms with van der Waals surface area (Å²) in [6.07, 6.45) is 1.44. The summed E-state index contributed by atoms with van der Waals surface area (Å²) in [7, 11) is 1.47. The van der Waals surface area contributed by atoms with Crippen molar-refractivity contribution in [1.82, 2.24) is 9.97 Å². The number of esters is 1. The van der Waals surface area contributed by atoms with Gasteiger partial charge in [-0.05, 0) is 39.0 Å². The molecule has 1 aromatic carbocycles. The van der Waals surface area contributed by atoms with Gasteiger partial charge in [-0.1, -0.05) is 39.9 Å². The molecule has 3 heterocycles. The summed E-state index contributed by atoms with van der Waals surface area (Å²) in [6.45, 7) is 8.63. The number of ether oxygens (including phenoxy) is 2. The second kappa shape index (κ2) is 10.6. The third kappa shape index (κ3) is 4.83. The van der Waals surface area contributed by atoms with Crippen molar-refractivity contribution in [1.29, 1.82) is 0 Å². The van der Waals surface area contributed by atoms with Gasteiger partial charge in [0.05, 0.1) is 34.0 Å². The third-order valence-corrected chi connectivity index (χ3v) is 8.26. The summed E-state index contributed by atoms with van der Waals surface area (Å²) in [4.78, 5) is 50.3. The molecule has 3 aromatic rings. The van der Waals surface area contributed by atoms with E-state index in [1.807, 2.05) is 0 Å². The van der Waals surface area contributed by atoms with Gasteiger partial charge in [0.25, 0.3) is 5.91 Å². The Kier molecular flexibility index (Phi) is 7.62. The minimum atomic E-state index is -1.09. The number of ketones is 1. The topological polar surface area (TPSA) is 119 Å². The van der Waals surface area contributed by atoms with Gasteiger partial charge in [-0.25, -0.2) is 14.8 Å². The Morgan fingerprint density at radius 2 is 1.89 bits per heavy atom. The number of aliphatic hydroxyl groups is 1. The summed E-state index contributed by atoms with van der Waals surface area (Å²) in [5.74, 6) is -2.28. The molecule has 1 N–H and O–H groups in total. The highest BCUT2D eigenvalue weighted by Gasteiger charge is 2.48. The Bertz CT molecular complexity index is 1470. The Balaban J connectivity index is 1.91. The van der Waals surface area contributed by atoms with Gasteiger partial charge in [0, 0.05) is 10.0 Å². The number of hydrogen-bond acceptors (Lipinski definition) is 10. The Labute approximate surface area is 229 Å². The number of aliphatic hydroxyl groups excluding tert-OH is 1. The summed E-state index contributed by atoms with van der Waals surface area (Å²) in [6, 6.07) is 4.07. The van der Waals surface area contributed by atoms with Gasteiger partial charge >= 0.3 is 5.97 Å². The van der Waals surface area contributed by atoms with Gasteiger partial charge < -0.3 is 14.6 Å². The molecule has 4 rings (SSSR count). The van der Waals surface area contributed by atoms with Crippen molar-refractivity contribution in [3.05, 3.63) is 78.4 Å². The van der Waals surface area contributed by atoms with Gasteiger partial charge in [0.2, 0.25) is 5.78 Å². The van der Waals surface area contributed by atoms with E-state index < -0.39 is 29.5 Å². The van der Waals surface area contributed by atoms with Crippen LogP contribution in [0, 0.1) is 20.8 Å². The third-order valence-electron chi connectivity index (χ3n) is 5.56. The lowest BCUT2D eigenvalue weighted by Gasteiger charge is -2.26. The zero-order valence-electron chi connectivity index (χ0n) is 20.3. The number of amides is 1. The minimum absolute atomic E-state index is 0.0145. The average molecular weight is 605 g/mol. The molecule has 0 spiro atoms. The van der Waals surface area contributed by atoms with Crippen LogP contribution in [-0.2, 0) is 9.53 Å². The fraction of sp³-hybridized carbons (Fsp3) is 0.240. The van der Waals surface area contributed by atoms with Crippen molar-refractivity contribution >= 4 is 61.4 Å². The minimum Gasteiger partial charge on any atom is -0.503 e. The van der Waals surface area contributed by atoms with Gasteiger partial charge in [-0.15, -0.1) is 11.3 Å². The van der Waals surface area contributed by atoms with Crippen LogP contribution in [0.5, 0.6) is 5.75 Å². The molecule has 2 aromatic heterocycles. The maximum Gasteiger partial charge on any atom is 0.350 e. The molecule has 192 valence electrons. The van der Waals surface area contributed by atoms with Crippen molar-refractivity contribution in [2.24, 2.45) is 0 Å². The van der Waals surface area contributed by atoms with E-state index in [0.29, 0.717) is 37.1 Å². The highest BCUT2D eigenvalue weighted by atomic mass is 79.9. The van der Waals surface area contributed by atoms with E-state index in [2.05, 4.69) is 32.5 Å². The SMILES string of the molecule is C=CCOC(=O)c1sc(N2C(=O)C(O)=C(C(=O)c3sc(C)nc3C)C2c2cc(Br)ccc2OC)nc1C. The van der Waals surface area contributed by atoms with Crippen molar-refractivity contribution < 1.29 is 29.0 Å². The van der Waals surface area contributed by atoms with Crippen LogP contribution in [0.15, 0.2) is 46.7 Å². The molecular weight excluding hydrogens is 582 g/mol. The number of Topliss-reactive ketones (excluding diaryl/α,β-unsaturated/α-hetero) is 1. The van der Waals surface area contributed by atoms with Crippen LogP contribution >= 0.6 is 38.6 Å². The highest BCUT2D eigenvalue weighted by Crippen LogP contribution is 2.47. The van der Waals surface area contributed by atoms with Crippen LogP contribution in [0.1, 0.15) is 47.3 Å². The van der Waals surface area contributed by atoms with E-state index in [1.165, 1.54) is 29.4 Å². The molecular formula is C25H22BrN3O6S2. The maximum absolute atomic E-state index is 13.8. The second-order valence-electron chi connectivity index (χ2n) is 8.00. The largest absolute Gasteiger partial charge is 0.503 e. The fourth-order valence-electron chi connectivity index (χ4n) is 3.99. The first-order valence-corrected chi connectivity index (χ1v) is 13.4. The predicted octanol–water partition coefficient (Wildman–Crippen LogP) is 5.42. The van der Waals surface area contributed by atoms with Crippen LogP contribution in [0.2, 0.25) is 0 Å². The first kappa shape index (κ1) is 26.7. The van der Waals surface area contributed by atoms with Crippen molar-refractivity contribution in [2.45, 2.75) is 26.8 Å². The molecule has 0 saturated heterocycles. The van der Waals surface area contributed by atoms with Crippen molar-refractivity contribution in [3.8, 4) is 5.75 Å². The predicted molar refractivity (Wildman–Crippen MR) is 144 cm³/mol. The van der Waals surface area contributed by atoms with Gasteiger partial charge in [0.15, 0.2) is 10.9 Å². The maximum atomic E-state index is 13.8. The second-order valence-corrected chi connectivity index (χ2v) is 11.1. The monoisotopic (exact) mass is 603 g/mol. The molecule has 1 aliphatic rings. The Morgan fingerprint density at radius 3 is 2.51 bits per heavy atom. The molecule has 12 heteroatoms. The van der Waals surface area contributed by atoms with Crippen molar-refractivity contribution in [2.75, 3.05) is 18.6 Å². The lowest BCUT2D eigenvalue weighted by atomic mass is 9.94. The number of carbonyl (C=O) groups is 3. The average Bonchev–Trinajstić information content (AvgIpc) is 3.49. The number of carbonyl (C=O) groups excluding carboxylic acids is 3. The van der Waals surface area contributed by atoms with Crippen LogP contribution in [0.3, 0.4) is 0 Å². The van der Waals surface area contributed by atoms with Crippen LogP contribution in [-0.4, -0.2) is 46.5 Å². The molecule has 0 radical (unpaired) electrons. The zero-order chi connectivity index (χ0) is 27.0. The number of rotatable bonds is 8. The van der Waals surface area contributed by atoms with E-state index in [-0.39, 0.29) is 22.2 Å². The number of anilines is 1. The van der Waals surface area contributed by atoms with E-state index in [1.54, 1.807) is 39.0 Å². The molecule has 0 bridgehead atoms. The van der Waals surface area contributed by atoms with Crippen molar-refractivity contribution in [3.63, 3.8) is 0 Å². The standard InChI is InChI=1S/C25H22BrN3O6S2/c1-6-9-35-24(33)22-12(3)28-25(37-22)29-18(15-10-14(26)7-8-16(15)34-5)17(20(31)23(29)32)19(30)21-11(2)27-13(4)36-21/h6-8,10,18,31H,1,9H2,2-5H3. The summed E-state index contributed by atoms with van der Waals surface area (Å²) < 4.78 is 11.4. The summed E-state index contributed by atoms with van der Waals surface area (Å²) in [5.41, 5.74) is 1.16. The Morgan fingerprint density at radius 1 is 1.19 bits per heavy atom. The quantitative estimate of drug-likeness (QED) is 0.206. The summed E-state index contributed by atoms with van der Waals surface area (Å²) in [5, 5.41) is 11.9. The number of hydrogen-bond donors (Lipinski definition) is 1. The normalized spacial score (nSPS) is 15.3. The molecule has 0 fully saturated rings. The smallest absolute Gasteiger partial charge is 0.350 e. The fourth-order valence-corrected chi connectivity index (χ4v) is 6.23. The molecule has 1 unspecified atom stereocenters. The number of thiazole rings is 2. The molecule has 0 aliphatic carbocycles. The van der Waals surface area contributed by atoms with E-state index in [0.717, 1.165) is 11.3 Å². The van der Waals surface area contributed by atoms with E-state index in [9.17, 15) is 19.5 Å². The number of methoxy groups -OCH3 is 1. The van der Waals surface area contributed by atoms with Gasteiger partial charge in [-0.3, -0.25) is 14.5 Å². The lowest BCUT2D eigenvalue weighted by molar-refractivity contribution is -0.117. The molecule has 1 amide bonds. The number of aryl methyl sites for hydroxylation is 3. The Hall–Kier alpha value is -3.35. The molecule has 1 aliphatic heterocycles. The first-order valence-electron chi connectivity index (χ1n) is 10.9. The van der Waals surface area contributed by atoms with E-state index in [4.69, 9.17) is 9.47 Å². The van der Waals surface area contributed by atoms with E-state index >= 15 is 0 Å². The highest BCUT2D eigenvalue weighted by molar-refractivity contribution is 9.10. The molecule has 0 saturated carbocycles. The first-order chi connectivity index (χ1) is 17.6. The van der Waals surface area contributed by atoms with Crippen LogP contribution in [0.25, 0.3) is 0 Å². The van der Waals surface area contributed by atoms with Crippen LogP contribution < -0.4 is 9.64 Å². The summed E-state index contributed by atoms with van der Waals surface area (Å²) >= 11 is 5.55. The number of halogens is 1. The number of nitrogens with zero attached hydrogens (tertiary/aromatic N) is 3. The van der Waals surface area contributed by atoms with Crippen LogP contribution in [0.4, 0.5) is 5.13 Å². The molecule has 9 nitrogen and oxygen atoms in total. The van der Waals surface area contributed by atoms with Gasteiger partial charge in [0.1, 0.15) is 23.3 Å². The zero-order valence-corrected chi connectivity index (χ0v) is 23.5. The molecule has 1 atom stereocenters.